The van der Waals surface area contributed by atoms with Crippen molar-refractivity contribution < 1.29 is 17.9 Å². The highest BCUT2D eigenvalue weighted by Crippen LogP contribution is 2.21. The largest absolute Gasteiger partial charge is 0.481 e. The summed E-state index contributed by atoms with van der Waals surface area (Å²) >= 11 is 5.81. The summed E-state index contributed by atoms with van der Waals surface area (Å²) in [4.78, 5) is 12.5. The lowest BCUT2D eigenvalue weighted by Gasteiger charge is -2.16. The lowest BCUT2D eigenvalue weighted by molar-refractivity contribution is -0.122. The summed E-state index contributed by atoms with van der Waals surface area (Å²) in [6.45, 7) is 3.55. The van der Waals surface area contributed by atoms with Crippen LogP contribution in [0.1, 0.15) is 12.5 Å². The molecule has 0 bridgehead atoms. The van der Waals surface area contributed by atoms with E-state index in [1.54, 1.807) is 37.3 Å². The second-order valence-corrected chi connectivity index (χ2v) is 8.77. The minimum atomic E-state index is -3.76. The first-order valence-corrected chi connectivity index (χ1v) is 11.0. The maximum absolute atomic E-state index is 12.5. The number of para-hydroxylation sites is 1. The number of rotatable bonds is 7. The number of anilines is 2. The molecule has 0 unspecified atom stereocenters. The molecule has 156 valence electrons. The van der Waals surface area contributed by atoms with Gasteiger partial charge < -0.3 is 10.1 Å². The molecular weight excluding hydrogens is 424 g/mol. The van der Waals surface area contributed by atoms with Crippen LogP contribution in [0.5, 0.6) is 5.75 Å². The van der Waals surface area contributed by atoms with Gasteiger partial charge in [-0.2, -0.15) is 0 Å². The zero-order valence-corrected chi connectivity index (χ0v) is 18.0. The average molecular weight is 445 g/mol. The summed E-state index contributed by atoms with van der Waals surface area (Å²) in [7, 11) is -3.76. The first-order chi connectivity index (χ1) is 14.2. The number of carbonyl (C=O) groups is 1. The van der Waals surface area contributed by atoms with Gasteiger partial charge in [-0.1, -0.05) is 29.8 Å². The van der Waals surface area contributed by atoms with Crippen LogP contribution >= 0.6 is 11.6 Å². The number of benzene rings is 3. The molecule has 0 aromatic heterocycles. The van der Waals surface area contributed by atoms with Gasteiger partial charge in [-0.05, 0) is 74.0 Å². The van der Waals surface area contributed by atoms with Gasteiger partial charge in [0.2, 0.25) is 0 Å². The van der Waals surface area contributed by atoms with E-state index in [1.807, 2.05) is 25.1 Å². The van der Waals surface area contributed by atoms with Crippen molar-refractivity contribution >= 4 is 38.9 Å². The average Bonchev–Trinajstić information content (AvgIpc) is 2.71. The van der Waals surface area contributed by atoms with E-state index in [-0.39, 0.29) is 10.8 Å². The predicted octanol–water partition coefficient (Wildman–Crippen LogP) is 4.86. The zero-order valence-electron chi connectivity index (χ0n) is 16.4. The van der Waals surface area contributed by atoms with Crippen molar-refractivity contribution in [2.75, 3.05) is 10.0 Å². The van der Waals surface area contributed by atoms with E-state index in [0.29, 0.717) is 22.1 Å². The molecule has 3 aromatic carbocycles. The van der Waals surface area contributed by atoms with E-state index in [4.69, 9.17) is 16.3 Å². The van der Waals surface area contributed by atoms with Crippen LogP contribution < -0.4 is 14.8 Å². The fourth-order valence-electron chi connectivity index (χ4n) is 2.63. The Labute approximate surface area is 180 Å². The van der Waals surface area contributed by atoms with Gasteiger partial charge in [0, 0.05) is 16.4 Å². The van der Waals surface area contributed by atoms with Gasteiger partial charge in [0.25, 0.3) is 15.9 Å². The van der Waals surface area contributed by atoms with Gasteiger partial charge in [-0.25, -0.2) is 8.42 Å². The molecule has 6 nitrogen and oxygen atoms in total. The van der Waals surface area contributed by atoms with Gasteiger partial charge in [0.15, 0.2) is 6.10 Å². The van der Waals surface area contributed by atoms with Crippen molar-refractivity contribution in [2.45, 2.75) is 24.8 Å². The summed E-state index contributed by atoms with van der Waals surface area (Å²) in [5.74, 6) is 0.294. The second kappa shape index (κ2) is 9.19. The molecule has 0 aliphatic carbocycles. The van der Waals surface area contributed by atoms with Crippen molar-refractivity contribution in [1.82, 2.24) is 0 Å². The SMILES string of the molecule is Cc1ccccc1O[C@@H](C)C(=O)Nc1ccc(S(=O)(=O)Nc2ccc(Cl)cc2)cc1. The Morgan fingerprint density at radius 3 is 2.17 bits per heavy atom. The molecule has 0 radical (unpaired) electrons. The fraction of sp³-hybridized carbons (Fsp3) is 0.136. The number of halogens is 1. The maximum Gasteiger partial charge on any atom is 0.265 e. The first kappa shape index (κ1) is 21.7. The van der Waals surface area contributed by atoms with Crippen LogP contribution in [0.4, 0.5) is 11.4 Å². The van der Waals surface area contributed by atoms with Gasteiger partial charge >= 0.3 is 0 Å². The van der Waals surface area contributed by atoms with Gasteiger partial charge in [-0.3, -0.25) is 9.52 Å². The fourth-order valence-corrected chi connectivity index (χ4v) is 3.81. The molecule has 0 aliphatic heterocycles. The molecule has 0 saturated carbocycles. The Bertz CT molecular complexity index is 1130. The third kappa shape index (κ3) is 5.52. The van der Waals surface area contributed by atoms with Crippen LogP contribution in [-0.4, -0.2) is 20.4 Å². The van der Waals surface area contributed by atoms with Crippen LogP contribution in [-0.2, 0) is 14.8 Å². The molecule has 30 heavy (non-hydrogen) atoms. The minimum absolute atomic E-state index is 0.0691. The first-order valence-electron chi connectivity index (χ1n) is 9.16. The van der Waals surface area contributed by atoms with E-state index in [2.05, 4.69) is 10.0 Å². The topological polar surface area (TPSA) is 84.5 Å². The number of aryl methyl sites for hydroxylation is 1. The lowest BCUT2D eigenvalue weighted by atomic mass is 10.2. The molecule has 0 fully saturated rings. The van der Waals surface area contributed by atoms with Gasteiger partial charge in [0.05, 0.1) is 4.90 Å². The van der Waals surface area contributed by atoms with E-state index < -0.39 is 16.1 Å². The van der Waals surface area contributed by atoms with E-state index in [9.17, 15) is 13.2 Å². The molecular formula is C22H21ClN2O4S. The number of carbonyl (C=O) groups excluding carboxylic acids is 1. The van der Waals surface area contributed by atoms with Crippen LogP contribution in [0.25, 0.3) is 0 Å². The summed E-state index contributed by atoms with van der Waals surface area (Å²) in [6, 6.07) is 19.6. The molecule has 0 heterocycles. The smallest absolute Gasteiger partial charge is 0.265 e. The Morgan fingerprint density at radius 2 is 1.53 bits per heavy atom. The summed E-state index contributed by atoms with van der Waals surface area (Å²) in [5, 5.41) is 3.23. The standard InChI is InChI=1S/C22H21ClN2O4S/c1-15-5-3-4-6-21(15)29-16(2)22(26)24-18-11-13-20(14-12-18)30(27,28)25-19-9-7-17(23)8-10-19/h3-14,16,25H,1-2H3,(H,24,26)/t16-/m0/s1. The quantitative estimate of drug-likeness (QED) is 0.545. The van der Waals surface area contributed by atoms with E-state index in [1.165, 1.54) is 24.3 Å². The van der Waals surface area contributed by atoms with Crippen molar-refractivity contribution in [3.8, 4) is 5.75 Å². The summed E-state index contributed by atoms with van der Waals surface area (Å²) in [6.07, 6.45) is -0.721. The maximum atomic E-state index is 12.5. The summed E-state index contributed by atoms with van der Waals surface area (Å²) in [5.41, 5.74) is 1.80. The number of amides is 1. The number of ether oxygens (including phenoxy) is 1. The van der Waals surface area contributed by atoms with Crippen LogP contribution in [0.2, 0.25) is 5.02 Å². The van der Waals surface area contributed by atoms with Gasteiger partial charge in [-0.15, -0.1) is 0 Å². The number of hydrogen-bond donors (Lipinski definition) is 2. The van der Waals surface area contributed by atoms with Crippen molar-refractivity contribution in [2.24, 2.45) is 0 Å². The molecule has 3 rings (SSSR count). The Balaban J connectivity index is 1.64. The molecule has 2 N–H and O–H groups in total. The van der Waals surface area contributed by atoms with E-state index >= 15 is 0 Å². The summed E-state index contributed by atoms with van der Waals surface area (Å²) < 4.78 is 33.2. The van der Waals surface area contributed by atoms with Crippen molar-refractivity contribution in [1.29, 1.82) is 0 Å². The number of hydrogen-bond acceptors (Lipinski definition) is 4. The Morgan fingerprint density at radius 1 is 0.933 bits per heavy atom. The highest BCUT2D eigenvalue weighted by Gasteiger charge is 2.17. The molecule has 0 saturated heterocycles. The van der Waals surface area contributed by atoms with Crippen LogP contribution in [0.3, 0.4) is 0 Å². The Kier molecular flexibility index (Phi) is 6.64. The number of nitrogens with one attached hydrogen (secondary N) is 2. The van der Waals surface area contributed by atoms with Crippen LogP contribution in [0, 0.1) is 6.92 Å². The normalized spacial score (nSPS) is 12.1. The third-order valence-electron chi connectivity index (χ3n) is 4.30. The highest BCUT2D eigenvalue weighted by molar-refractivity contribution is 7.92. The molecule has 0 spiro atoms. The van der Waals surface area contributed by atoms with E-state index in [0.717, 1.165) is 5.56 Å². The molecule has 8 heteroatoms. The number of sulfonamides is 1. The third-order valence-corrected chi connectivity index (χ3v) is 5.94. The molecule has 1 amide bonds. The molecule has 3 aromatic rings. The zero-order chi connectivity index (χ0) is 21.7. The van der Waals surface area contributed by atoms with Crippen molar-refractivity contribution in [3.05, 3.63) is 83.4 Å². The second-order valence-electron chi connectivity index (χ2n) is 6.65. The molecule has 1 atom stereocenters. The monoisotopic (exact) mass is 444 g/mol. The van der Waals surface area contributed by atoms with Gasteiger partial charge in [0.1, 0.15) is 5.75 Å². The molecule has 0 aliphatic rings. The minimum Gasteiger partial charge on any atom is -0.481 e. The Hall–Kier alpha value is -3.03. The predicted molar refractivity (Wildman–Crippen MR) is 119 cm³/mol. The van der Waals surface area contributed by atoms with Crippen molar-refractivity contribution in [3.63, 3.8) is 0 Å². The van der Waals surface area contributed by atoms with Crippen LogP contribution in [0.15, 0.2) is 77.7 Å². The highest BCUT2D eigenvalue weighted by atomic mass is 35.5. The lowest BCUT2D eigenvalue weighted by Crippen LogP contribution is -2.30.